The molecule has 0 spiro atoms. The average Bonchev–Trinajstić information content (AvgIpc) is 2.66. The number of aromatic nitrogens is 4. The van der Waals surface area contributed by atoms with Gasteiger partial charge in [-0.1, -0.05) is 24.3 Å². The Labute approximate surface area is 147 Å². The Morgan fingerprint density at radius 1 is 0.846 bits per heavy atom. The van der Waals surface area contributed by atoms with E-state index in [1.165, 1.54) is 12.3 Å². The highest BCUT2D eigenvalue weighted by atomic mass is 19.1. The summed E-state index contributed by atoms with van der Waals surface area (Å²) in [5, 5.41) is 14.3. The van der Waals surface area contributed by atoms with Gasteiger partial charge >= 0.3 is 0 Å². The van der Waals surface area contributed by atoms with Crippen molar-refractivity contribution in [2.75, 3.05) is 10.6 Å². The third-order valence-corrected chi connectivity index (χ3v) is 3.65. The Morgan fingerprint density at radius 3 is 2.46 bits per heavy atom. The number of halogens is 2. The number of para-hydroxylation sites is 2. The molecule has 0 unspecified atom stereocenters. The Balaban J connectivity index is 1.64. The molecule has 128 valence electrons. The fraction of sp³-hybridized carbons (Fsp3) is 0. The maximum absolute atomic E-state index is 13.8. The van der Waals surface area contributed by atoms with E-state index < -0.39 is 11.6 Å². The molecule has 0 radical (unpaired) electrons. The fourth-order valence-corrected chi connectivity index (χ4v) is 2.49. The van der Waals surface area contributed by atoms with Gasteiger partial charge < -0.3 is 10.6 Å². The predicted molar refractivity (Wildman–Crippen MR) is 94.5 cm³/mol. The first-order valence-electron chi connectivity index (χ1n) is 7.72. The van der Waals surface area contributed by atoms with Gasteiger partial charge in [-0.2, -0.15) is 10.1 Å². The van der Waals surface area contributed by atoms with Gasteiger partial charge in [0.15, 0.2) is 5.82 Å². The molecule has 2 aromatic carbocycles. The number of hydrogen-bond acceptors (Lipinski definition) is 6. The molecule has 0 saturated carbocycles. The highest BCUT2D eigenvalue weighted by Gasteiger charge is 2.11. The third kappa shape index (κ3) is 3.12. The number of fused-ring (bicyclic) bond motifs is 1. The molecule has 0 aliphatic rings. The van der Waals surface area contributed by atoms with Crippen LogP contribution < -0.4 is 10.6 Å². The first-order chi connectivity index (χ1) is 12.7. The Kier molecular flexibility index (Phi) is 4.06. The zero-order valence-electron chi connectivity index (χ0n) is 13.3. The molecular weight excluding hydrogens is 338 g/mol. The molecule has 26 heavy (non-hydrogen) atoms. The van der Waals surface area contributed by atoms with Crippen molar-refractivity contribution in [3.8, 4) is 0 Å². The molecule has 0 bridgehead atoms. The minimum absolute atomic E-state index is 0.152. The molecule has 0 atom stereocenters. The minimum Gasteiger partial charge on any atom is -0.334 e. The standard InChI is InChI=1S/C18H12F2N6/c19-12-6-2-7-13(20)17(12)24-15-10-22-26-18(25-15)23-14-8-1-4-11-5-3-9-21-16(11)14/h1-10H,(H2,23,24,25,26). The molecule has 6 nitrogen and oxygen atoms in total. The molecule has 8 heteroatoms. The van der Waals surface area contributed by atoms with Crippen LogP contribution in [0.1, 0.15) is 0 Å². The second-order valence-electron chi connectivity index (χ2n) is 5.39. The summed E-state index contributed by atoms with van der Waals surface area (Å²) in [6, 6.07) is 13.0. The average molecular weight is 350 g/mol. The van der Waals surface area contributed by atoms with Crippen molar-refractivity contribution in [1.82, 2.24) is 20.2 Å². The summed E-state index contributed by atoms with van der Waals surface area (Å²) >= 11 is 0. The maximum Gasteiger partial charge on any atom is 0.249 e. The topological polar surface area (TPSA) is 75.6 Å². The molecule has 0 amide bonds. The fourth-order valence-electron chi connectivity index (χ4n) is 2.49. The number of pyridine rings is 1. The first-order valence-corrected chi connectivity index (χ1v) is 7.72. The van der Waals surface area contributed by atoms with Crippen molar-refractivity contribution in [3.63, 3.8) is 0 Å². The lowest BCUT2D eigenvalue weighted by atomic mass is 10.2. The monoisotopic (exact) mass is 350 g/mol. The summed E-state index contributed by atoms with van der Waals surface area (Å²) in [7, 11) is 0. The lowest BCUT2D eigenvalue weighted by Gasteiger charge is -2.10. The van der Waals surface area contributed by atoms with Crippen molar-refractivity contribution in [3.05, 3.63) is 72.6 Å². The Morgan fingerprint density at radius 2 is 1.62 bits per heavy atom. The number of rotatable bonds is 4. The lowest BCUT2D eigenvalue weighted by Crippen LogP contribution is -2.04. The number of benzene rings is 2. The van der Waals surface area contributed by atoms with Crippen molar-refractivity contribution in [2.24, 2.45) is 0 Å². The minimum atomic E-state index is -0.726. The van der Waals surface area contributed by atoms with Crippen LogP contribution in [0.3, 0.4) is 0 Å². The molecular formula is C18H12F2N6. The first kappa shape index (κ1) is 15.8. The van der Waals surface area contributed by atoms with Crippen LogP contribution >= 0.6 is 0 Å². The zero-order chi connectivity index (χ0) is 17.9. The molecule has 0 aliphatic heterocycles. The van der Waals surface area contributed by atoms with Crippen LogP contribution in [0.4, 0.5) is 31.9 Å². The molecule has 0 fully saturated rings. The number of anilines is 4. The summed E-state index contributed by atoms with van der Waals surface area (Å²) in [4.78, 5) is 8.53. The van der Waals surface area contributed by atoms with Crippen LogP contribution in [-0.4, -0.2) is 20.2 Å². The molecule has 2 N–H and O–H groups in total. The van der Waals surface area contributed by atoms with Gasteiger partial charge in [-0.05, 0) is 24.3 Å². The van der Waals surface area contributed by atoms with Crippen molar-refractivity contribution < 1.29 is 8.78 Å². The number of nitrogens with zero attached hydrogens (tertiary/aromatic N) is 4. The molecule has 2 aromatic heterocycles. The highest BCUT2D eigenvalue weighted by Crippen LogP contribution is 2.25. The van der Waals surface area contributed by atoms with Gasteiger partial charge in [0.05, 0.1) is 17.4 Å². The van der Waals surface area contributed by atoms with E-state index in [2.05, 4.69) is 30.8 Å². The quantitative estimate of drug-likeness (QED) is 0.575. The largest absolute Gasteiger partial charge is 0.334 e. The van der Waals surface area contributed by atoms with Crippen LogP contribution in [0, 0.1) is 11.6 Å². The second kappa shape index (κ2) is 6.67. The smallest absolute Gasteiger partial charge is 0.249 e. The third-order valence-electron chi connectivity index (χ3n) is 3.65. The van der Waals surface area contributed by atoms with Crippen LogP contribution in [-0.2, 0) is 0 Å². The van der Waals surface area contributed by atoms with E-state index in [0.29, 0.717) is 5.69 Å². The van der Waals surface area contributed by atoms with Gasteiger partial charge in [0.25, 0.3) is 0 Å². The molecule has 2 heterocycles. The SMILES string of the molecule is Fc1cccc(F)c1Nc1cnnc(Nc2cccc3cccnc23)n1. The summed E-state index contributed by atoms with van der Waals surface area (Å²) in [6.07, 6.45) is 2.96. The van der Waals surface area contributed by atoms with Gasteiger partial charge in [-0.15, -0.1) is 5.10 Å². The Bertz CT molecular complexity index is 1060. The zero-order valence-corrected chi connectivity index (χ0v) is 13.3. The number of nitrogens with one attached hydrogen (secondary N) is 2. The van der Waals surface area contributed by atoms with E-state index >= 15 is 0 Å². The molecule has 0 aliphatic carbocycles. The highest BCUT2D eigenvalue weighted by molar-refractivity contribution is 5.91. The van der Waals surface area contributed by atoms with Gasteiger partial charge in [0.1, 0.15) is 17.3 Å². The van der Waals surface area contributed by atoms with Crippen molar-refractivity contribution in [2.45, 2.75) is 0 Å². The van der Waals surface area contributed by atoms with Gasteiger partial charge in [0, 0.05) is 11.6 Å². The summed E-state index contributed by atoms with van der Waals surface area (Å²) in [5.74, 6) is -1.13. The van der Waals surface area contributed by atoms with Crippen molar-refractivity contribution in [1.29, 1.82) is 0 Å². The summed E-state index contributed by atoms with van der Waals surface area (Å²) in [6.45, 7) is 0. The van der Waals surface area contributed by atoms with E-state index in [1.54, 1.807) is 6.20 Å². The van der Waals surface area contributed by atoms with Crippen LogP contribution in [0.5, 0.6) is 0 Å². The number of hydrogen-bond donors (Lipinski definition) is 2. The summed E-state index contributed by atoms with van der Waals surface area (Å²) < 4.78 is 27.5. The van der Waals surface area contributed by atoms with E-state index in [-0.39, 0.29) is 17.5 Å². The van der Waals surface area contributed by atoms with E-state index in [4.69, 9.17) is 0 Å². The van der Waals surface area contributed by atoms with E-state index in [9.17, 15) is 8.78 Å². The van der Waals surface area contributed by atoms with Crippen LogP contribution in [0.15, 0.2) is 60.9 Å². The molecule has 0 saturated heterocycles. The van der Waals surface area contributed by atoms with Gasteiger partial charge in [0.2, 0.25) is 5.95 Å². The molecule has 4 aromatic rings. The lowest BCUT2D eigenvalue weighted by molar-refractivity contribution is 0.590. The van der Waals surface area contributed by atoms with Crippen LogP contribution in [0.25, 0.3) is 10.9 Å². The van der Waals surface area contributed by atoms with Crippen molar-refractivity contribution >= 4 is 34.0 Å². The second-order valence-corrected chi connectivity index (χ2v) is 5.39. The summed E-state index contributed by atoms with van der Waals surface area (Å²) in [5.41, 5.74) is 1.14. The Hall–Kier alpha value is -3.68. The predicted octanol–water partition coefficient (Wildman–Crippen LogP) is 4.19. The molecule has 4 rings (SSSR count). The van der Waals surface area contributed by atoms with Gasteiger partial charge in [-0.3, -0.25) is 4.98 Å². The van der Waals surface area contributed by atoms with Gasteiger partial charge in [-0.25, -0.2) is 8.78 Å². The maximum atomic E-state index is 13.8. The van der Waals surface area contributed by atoms with Crippen LogP contribution in [0.2, 0.25) is 0 Å². The normalized spacial score (nSPS) is 10.7. The van der Waals surface area contributed by atoms with E-state index in [0.717, 1.165) is 23.0 Å². The van der Waals surface area contributed by atoms with E-state index in [1.807, 2.05) is 30.3 Å².